The van der Waals surface area contributed by atoms with Gasteiger partial charge in [0, 0.05) is 17.8 Å². The highest BCUT2D eigenvalue weighted by molar-refractivity contribution is 6.13. The average molecular weight is 280 g/mol. The summed E-state index contributed by atoms with van der Waals surface area (Å²) in [5.41, 5.74) is 2.96. The molecule has 0 fully saturated rings. The van der Waals surface area contributed by atoms with Crippen LogP contribution in [0.5, 0.6) is 0 Å². The fraction of sp³-hybridized carbons (Fsp3) is 0. The zero-order valence-electron chi connectivity index (χ0n) is 10.9. The van der Waals surface area contributed by atoms with Crippen LogP contribution in [0, 0.1) is 0 Å². The highest BCUT2D eigenvalue weighted by Crippen LogP contribution is 2.24. The maximum atomic E-state index is 12.4. The van der Waals surface area contributed by atoms with Crippen molar-refractivity contribution in [2.75, 3.05) is 10.7 Å². The third-order valence-electron chi connectivity index (χ3n) is 2.99. The molecule has 2 heterocycles. The molecule has 0 aliphatic rings. The average Bonchev–Trinajstić information content (AvgIpc) is 2.54. The number of anilines is 2. The van der Waals surface area contributed by atoms with Gasteiger partial charge in [0.2, 0.25) is 0 Å². The molecule has 0 saturated carbocycles. The minimum absolute atomic E-state index is 0.303. The van der Waals surface area contributed by atoms with Crippen molar-refractivity contribution in [1.29, 1.82) is 0 Å². The van der Waals surface area contributed by atoms with Gasteiger partial charge in [-0.15, -0.1) is 5.10 Å². The molecule has 1 aromatic carbocycles. The molecule has 0 spiro atoms. The number of nitrogens with two attached hydrogens (primary N) is 1. The first-order valence-corrected chi connectivity index (χ1v) is 6.23. The number of hydrazine groups is 1. The maximum Gasteiger partial charge on any atom is 0.259 e. The van der Waals surface area contributed by atoms with Crippen LogP contribution in [0.2, 0.25) is 0 Å². The summed E-state index contributed by atoms with van der Waals surface area (Å²) in [5.74, 6) is 6.03. The van der Waals surface area contributed by atoms with Gasteiger partial charge in [-0.25, -0.2) is 10.8 Å². The Morgan fingerprint density at radius 1 is 1.10 bits per heavy atom. The van der Waals surface area contributed by atoms with Crippen LogP contribution < -0.4 is 16.6 Å². The normalized spacial score (nSPS) is 10.3. The number of hydrogen-bond donors (Lipinski definition) is 3. The molecule has 4 N–H and O–H groups in total. The van der Waals surface area contributed by atoms with E-state index in [1.165, 1.54) is 12.4 Å². The smallest absolute Gasteiger partial charge is 0.259 e. The molecule has 0 aliphatic carbocycles. The van der Waals surface area contributed by atoms with Crippen molar-refractivity contribution in [3.63, 3.8) is 0 Å². The fourth-order valence-electron chi connectivity index (χ4n) is 2.04. The Hall–Kier alpha value is -3.06. The molecule has 0 atom stereocenters. The number of nitrogens with one attached hydrogen (secondary N) is 2. The molecule has 7 heteroatoms. The lowest BCUT2D eigenvalue weighted by atomic mass is 10.1. The van der Waals surface area contributed by atoms with E-state index in [1.54, 1.807) is 12.1 Å². The molecule has 21 heavy (non-hydrogen) atoms. The summed E-state index contributed by atoms with van der Waals surface area (Å²) in [5, 5.41) is 11.7. The van der Waals surface area contributed by atoms with Crippen LogP contribution >= 0.6 is 0 Å². The minimum Gasteiger partial charge on any atom is -0.308 e. The van der Waals surface area contributed by atoms with Crippen molar-refractivity contribution in [1.82, 2.24) is 15.2 Å². The molecule has 3 rings (SSSR count). The Labute approximate surface area is 120 Å². The Balaban J connectivity index is 2.03. The zero-order valence-corrected chi connectivity index (χ0v) is 10.9. The number of nitrogens with zero attached hydrogens (tertiary/aromatic N) is 3. The molecule has 0 radical (unpaired) electrons. The summed E-state index contributed by atoms with van der Waals surface area (Å²) in [6, 6.07) is 10.7. The lowest BCUT2D eigenvalue weighted by Crippen LogP contribution is -2.15. The summed E-state index contributed by atoms with van der Waals surface area (Å²) in [4.78, 5) is 16.5. The van der Waals surface area contributed by atoms with Gasteiger partial charge in [0.1, 0.15) is 5.82 Å². The molecule has 0 saturated heterocycles. The molecule has 7 nitrogen and oxygen atoms in total. The van der Waals surface area contributed by atoms with Gasteiger partial charge in [-0.1, -0.05) is 24.3 Å². The lowest BCUT2D eigenvalue weighted by molar-refractivity contribution is 0.102. The van der Waals surface area contributed by atoms with Gasteiger partial charge in [0.15, 0.2) is 5.82 Å². The van der Waals surface area contributed by atoms with Gasteiger partial charge in [-0.2, -0.15) is 5.10 Å². The van der Waals surface area contributed by atoms with Crippen molar-refractivity contribution in [3.8, 4) is 0 Å². The number of rotatable bonds is 3. The third kappa shape index (κ3) is 2.49. The van der Waals surface area contributed by atoms with Crippen molar-refractivity contribution >= 4 is 28.3 Å². The van der Waals surface area contributed by atoms with Gasteiger partial charge in [-0.05, 0) is 17.5 Å². The highest BCUT2D eigenvalue weighted by Gasteiger charge is 2.13. The number of fused-ring (bicyclic) bond motifs is 1. The second-order valence-electron chi connectivity index (χ2n) is 4.27. The van der Waals surface area contributed by atoms with E-state index in [0.29, 0.717) is 17.2 Å². The zero-order chi connectivity index (χ0) is 14.7. The standard InChI is InChI=1S/C14H12N6O/c15-19-13-10-5-2-1-4-9(10)11(8-16-13)14(21)18-12-6-3-7-17-20-12/h1-8H,15H2,(H,16,19)(H,18,20,21). The molecule has 0 bridgehead atoms. The van der Waals surface area contributed by atoms with Crippen LogP contribution in [0.25, 0.3) is 10.8 Å². The second-order valence-corrected chi connectivity index (χ2v) is 4.27. The minimum atomic E-state index is -0.303. The van der Waals surface area contributed by atoms with Gasteiger partial charge < -0.3 is 10.7 Å². The van der Waals surface area contributed by atoms with E-state index in [1.807, 2.05) is 24.3 Å². The Kier molecular flexibility index (Phi) is 3.40. The molecule has 0 aliphatic heterocycles. The number of benzene rings is 1. The molecule has 0 unspecified atom stereocenters. The number of pyridine rings is 1. The molecule has 3 aromatic rings. The largest absolute Gasteiger partial charge is 0.308 e. The van der Waals surface area contributed by atoms with Gasteiger partial charge in [0.05, 0.1) is 5.56 Å². The van der Waals surface area contributed by atoms with Crippen LogP contribution in [0.4, 0.5) is 11.6 Å². The summed E-state index contributed by atoms with van der Waals surface area (Å²) in [6.07, 6.45) is 3.01. The van der Waals surface area contributed by atoms with E-state index >= 15 is 0 Å². The third-order valence-corrected chi connectivity index (χ3v) is 2.99. The van der Waals surface area contributed by atoms with E-state index in [-0.39, 0.29) is 5.91 Å². The van der Waals surface area contributed by atoms with E-state index in [0.717, 1.165) is 10.8 Å². The lowest BCUT2D eigenvalue weighted by Gasteiger charge is -2.09. The van der Waals surface area contributed by atoms with E-state index < -0.39 is 0 Å². The van der Waals surface area contributed by atoms with E-state index in [4.69, 9.17) is 5.84 Å². The van der Waals surface area contributed by atoms with Gasteiger partial charge >= 0.3 is 0 Å². The fourth-order valence-corrected chi connectivity index (χ4v) is 2.04. The number of nitrogen functional groups attached to an aromatic ring is 1. The Morgan fingerprint density at radius 2 is 1.90 bits per heavy atom. The molecule has 1 amide bonds. The van der Waals surface area contributed by atoms with Gasteiger partial charge in [-0.3, -0.25) is 4.79 Å². The SMILES string of the molecule is NNc1ncc(C(=O)Nc2cccnn2)c2ccccc12. The van der Waals surface area contributed by atoms with Crippen LogP contribution in [0.3, 0.4) is 0 Å². The first kappa shape index (κ1) is 12.9. The molecule has 2 aromatic heterocycles. The number of carbonyl (C=O) groups excluding carboxylic acids is 1. The van der Waals surface area contributed by atoms with Crippen molar-refractivity contribution < 1.29 is 4.79 Å². The summed E-state index contributed by atoms with van der Waals surface area (Å²) in [6.45, 7) is 0. The van der Waals surface area contributed by atoms with E-state index in [2.05, 4.69) is 25.9 Å². The first-order chi connectivity index (χ1) is 10.3. The van der Waals surface area contributed by atoms with Crippen molar-refractivity contribution in [2.24, 2.45) is 5.84 Å². The Bertz CT molecular complexity index is 790. The van der Waals surface area contributed by atoms with Crippen LogP contribution in [0.1, 0.15) is 10.4 Å². The topological polar surface area (TPSA) is 106 Å². The van der Waals surface area contributed by atoms with Crippen LogP contribution in [-0.2, 0) is 0 Å². The quantitative estimate of drug-likeness (QED) is 0.496. The van der Waals surface area contributed by atoms with E-state index in [9.17, 15) is 4.79 Å². The molecule has 104 valence electrons. The first-order valence-electron chi connectivity index (χ1n) is 6.23. The summed E-state index contributed by atoms with van der Waals surface area (Å²) < 4.78 is 0. The molecular formula is C14H12N6O. The highest BCUT2D eigenvalue weighted by atomic mass is 16.1. The summed E-state index contributed by atoms with van der Waals surface area (Å²) in [7, 11) is 0. The second kappa shape index (κ2) is 5.51. The Morgan fingerprint density at radius 3 is 2.62 bits per heavy atom. The number of aromatic nitrogens is 3. The predicted octanol–water partition coefficient (Wildman–Crippen LogP) is 1.56. The van der Waals surface area contributed by atoms with Crippen LogP contribution in [-0.4, -0.2) is 21.1 Å². The van der Waals surface area contributed by atoms with Crippen molar-refractivity contribution in [3.05, 3.63) is 54.4 Å². The predicted molar refractivity (Wildman–Crippen MR) is 79.5 cm³/mol. The molecular weight excluding hydrogens is 268 g/mol. The van der Waals surface area contributed by atoms with Crippen molar-refractivity contribution in [2.45, 2.75) is 0 Å². The monoisotopic (exact) mass is 280 g/mol. The van der Waals surface area contributed by atoms with Gasteiger partial charge in [0.25, 0.3) is 5.91 Å². The van der Waals surface area contributed by atoms with Crippen LogP contribution in [0.15, 0.2) is 48.8 Å². The number of amides is 1. The summed E-state index contributed by atoms with van der Waals surface area (Å²) >= 11 is 0. The number of carbonyl (C=O) groups is 1. The maximum absolute atomic E-state index is 12.4. The number of hydrogen-bond acceptors (Lipinski definition) is 6.